The molecule has 0 saturated heterocycles. The van der Waals surface area contributed by atoms with Crippen LogP contribution >= 0.6 is 0 Å². The van der Waals surface area contributed by atoms with Gasteiger partial charge in [0.05, 0.1) is 6.61 Å². The lowest BCUT2D eigenvalue weighted by molar-refractivity contribution is 0.126. The van der Waals surface area contributed by atoms with Crippen molar-refractivity contribution >= 4 is 0 Å². The largest absolute Gasteiger partial charge is 0.494 e. The number of unbranched alkanes of at least 4 members (excludes halogenated alkanes) is 4. The van der Waals surface area contributed by atoms with E-state index in [-0.39, 0.29) is 0 Å². The van der Waals surface area contributed by atoms with E-state index in [2.05, 4.69) is 13.0 Å². The highest BCUT2D eigenvalue weighted by Crippen LogP contribution is 2.09. The maximum atomic E-state index is 5.61. The highest BCUT2D eigenvalue weighted by molar-refractivity contribution is 5.20. The van der Waals surface area contributed by atoms with E-state index in [9.17, 15) is 0 Å². The molecule has 0 atom stereocenters. The molecule has 0 aliphatic heterocycles. The molecule has 0 N–H and O–H groups in total. The van der Waals surface area contributed by atoms with Gasteiger partial charge in [-0.2, -0.15) is 0 Å². The first kappa shape index (κ1) is 15.0. The predicted octanol–water partition coefficient (Wildman–Crippen LogP) is 4.24. The summed E-state index contributed by atoms with van der Waals surface area (Å²) in [4.78, 5) is 0. The molecule has 0 saturated carbocycles. The molecular weight excluding hydrogens is 224 g/mol. The summed E-state index contributed by atoms with van der Waals surface area (Å²) in [6.45, 7) is 4.83. The molecule has 0 heterocycles. The monoisotopic (exact) mass is 249 g/mol. The van der Waals surface area contributed by atoms with E-state index in [1.54, 1.807) is 0 Å². The van der Waals surface area contributed by atoms with Crippen LogP contribution in [0.15, 0.2) is 24.3 Å². The van der Waals surface area contributed by atoms with Gasteiger partial charge in [0.2, 0.25) is 0 Å². The average Bonchev–Trinajstić information content (AvgIpc) is 2.42. The van der Waals surface area contributed by atoms with Crippen LogP contribution in [0.3, 0.4) is 0 Å². The topological polar surface area (TPSA) is 18.5 Å². The Morgan fingerprint density at radius 1 is 0.889 bits per heavy atom. The summed E-state index contributed by atoms with van der Waals surface area (Å²) < 4.78 is 11.1. The van der Waals surface area contributed by atoms with Crippen LogP contribution in [0.25, 0.3) is 0 Å². The standard InChI is InChI=1S/C16H25O2/c1-2-3-13-17-14-9-4-5-10-15-18-16-11-7-6-8-12-16/h7-8,11-12H,2-5,9-10,13-15H2,1H3. The SMILES string of the molecule is CCCCOCCCCCCOc1cc[c]cc1. The number of rotatable bonds is 11. The van der Waals surface area contributed by atoms with Crippen LogP contribution in [0, 0.1) is 6.07 Å². The lowest BCUT2D eigenvalue weighted by Crippen LogP contribution is -1.99. The van der Waals surface area contributed by atoms with Crippen molar-refractivity contribution in [1.82, 2.24) is 0 Å². The van der Waals surface area contributed by atoms with Crippen LogP contribution in [-0.2, 0) is 4.74 Å². The van der Waals surface area contributed by atoms with Gasteiger partial charge in [-0.05, 0) is 43.9 Å². The Hall–Kier alpha value is -1.02. The van der Waals surface area contributed by atoms with Gasteiger partial charge in [-0.15, -0.1) is 0 Å². The third-order valence-corrected chi connectivity index (χ3v) is 2.78. The van der Waals surface area contributed by atoms with Gasteiger partial charge in [0.15, 0.2) is 0 Å². The average molecular weight is 249 g/mol. The maximum Gasteiger partial charge on any atom is 0.119 e. The highest BCUT2D eigenvalue weighted by Gasteiger charge is 1.93. The third kappa shape index (κ3) is 8.13. The molecule has 2 heteroatoms. The molecule has 0 aliphatic rings. The van der Waals surface area contributed by atoms with E-state index in [0.717, 1.165) is 32.0 Å². The molecule has 1 aromatic rings. The second kappa shape index (κ2) is 11.1. The molecule has 0 spiro atoms. The van der Waals surface area contributed by atoms with Gasteiger partial charge in [0.1, 0.15) is 5.75 Å². The molecule has 18 heavy (non-hydrogen) atoms. The first-order chi connectivity index (χ1) is 8.93. The summed E-state index contributed by atoms with van der Waals surface area (Å²) in [5, 5.41) is 0. The number of hydrogen-bond donors (Lipinski definition) is 0. The smallest absolute Gasteiger partial charge is 0.119 e. The van der Waals surface area contributed by atoms with Crippen molar-refractivity contribution in [3.8, 4) is 5.75 Å². The Labute approximate surface area is 111 Å². The molecule has 1 aromatic carbocycles. The summed E-state index contributed by atoms with van der Waals surface area (Å²) in [5.41, 5.74) is 0. The van der Waals surface area contributed by atoms with E-state index in [4.69, 9.17) is 9.47 Å². The van der Waals surface area contributed by atoms with E-state index in [1.165, 1.54) is 32.1 Å². The maximum absolute atomic E-state index is 5.61. The summed E-state index contributed by atoms with van der Waals surface area (Å²) in [5.74, 6) is 0.941. The van der Waals surface area contributed by atoms with Gasteiger partial charge in [0.25, 0.3) is 0 Å². The van der Waals surface area contributed by atoms with Gasteiger partial charge in [-0.3, -0.25) is 0 Å². The van der Waals surface area contributed by atoms with Crippen LogP contribution in [0.2, 0.25) is 0 Å². The molecule has 0 unspecified atom stereocenters. The van der Waals surface area contributed by atoms with Gasteiger partial charge < -0.3 is 9.47 Å². The lowest BCUT2D eigenvalue weighted by Gasteiger charge is -2.06. The molecule has 0 fully saturated rings. The fourth-order valence-corrected chi connectivity index (χ4v) is 1.67. The number of benzene rings is 1. The number of hydrogen-bond acceptors (Lipinski definition) is 2. The van der Waals surface area contributed by atoms with Gasteiger partial charge in [-0.25, -0.2) is 0 Å². The minimum atomic E-state index is 0.806. The third-order valence-electron chi connectivity index (χ3n) is 2.78. The van der Waals surface area contributed by atoms with Crippen molar-refractivity contribution in [1.29, 1.82) is 0 Å². The first-order valence-corrected chi connectivity index (χ1v) is 7.10. The number of ether oxygens (including phenoxy) is 2. The fourth-order valence-electron chi connectivity index (χ4n) is 1.67. The Balaban J connectivity index is 1.82. The van der Waals surface area contributed by atoms with Crippen LogP contribution in [0.1, 0.15) is 45.4 Å². The normalized spacial score (nSPS) is 10.5. The molecule has 0 bridgehead atoms. The van der Waals surface area contributed by atoms with Crippen molar-refractivity contribution in [3.05, 3.63) is 30.3 Å². The molecule has 0 aromatic heterocycles. The quantitative estimate of drug-likeness (QED) is 0.546. The molecule has 101 valence electrons. The first-order valence-electron chi connectivity index (χ1n) is 7.10. The minimum absolute atomic E-state index is 0.806. The van der Waals surface area contributed by atoms with Crippen molar-refractivity contribution in [2.24, 2.45) is 0 Å². The second-order valence-electron chi connectivity index (χ2n) is 4.46. The van der Waals surface area contributed by atoms with Crippen LogP contribution in [0.4, 0.5) is 0 Å². The Morgan fingerprint density at radius 2 is 1.56 bits per heavy atom. The Morgan fingerprint density at radius 3 is 2.28 bits per heavy atom. The molecule has 0 amide bonds. The van der Waals surface area contributed by atoms with E-state index in [0.29, 0.717) is 0 Å². The lowest BCUT2D eigenvalue weighted by atomic mass is 10.2. The van der Waals surface area contributed by atoms with Gasteiger partial charge >= 0.3 is 0 Å². The van der Waals surface area contributed by atoms with Gasteiger partial charge in [0, 0.05) is 13.2 Å². The molecular formula is C16H25O2. The van der Waals surface area contributed by atoms with Crippen LogP contribution < -0.4 is 4.74 Å². The minimum Gasteiger partial charge on any atom is -0.494 e. The summed E-state index contributed by atoms with van der Waals surface area (Å²) >= 11 is 0. The molecule has 2 nitrogen and oxygen atoms in total. The summed E-state index contributed by atoms with van der Waals surface area (Å²) in [6, 6.07) is 10.6. The molecule has 1 radical (unpaired) electrons. The predicted molar refractivity (Wildman–Crippen MR) is 75.0 cm³/mol. The van der Waals surface area contributed by atoms with Crippen LogP contribution in [-0.4, -0.2) is 19.8 Å². The highest BCUT2D eigenvalue weighted by atomic mass is 16.5. The van der Waals surface area contributed by atoms with Crippen LogP contribution in [0.5, 0.6) is 5.75 Å². The van der Waals surface area contributed by atoms with Crippen molar-refractivity contribution in [3.63, 3.8) is 0 Å². The summed E-state index contributed by atoms with van der Waals surface area (Å²) in [7, 11) is 0. The van der Waals surface area contributed by atoms with E-state index < -0.39 is 0 Å². The Bertz CT molecular complexity index is 272. The van der Waals surface area contributed by atoms with E-state index >= 15 is 0 Å². The van der Waals surface area contributed by atoms with Gasteiger partial charge in [-0.1, -0.05) is 31.9 Å². The van der Waals surface area contributed by atoms with Crippen molar-refractivity contribution < 1.29 is 9.47 Å². The fraction of sp³-hybridized carbons (Fsp3) is 0.625. The summed E-state index contributed by atoms with van der Waals surface area (Å²) in [6.07, 6.45) is 7.14. The molecule has 1 rings (SSSR count). The zero-order valence-corrected chi connectivity index (χ0v) is 11.5. The molecule has 0 aliphatic carbocycles. The zero-order chi connectivity index (χ0) is 12.9. The van der Waals surface area contributed by atoms with E-state index in [1.807, 2.05) is 24.3 Å². The second-order valence-corrected chi connectivity index (χ2v) is 4.46. The van der Waals surface area contributed by atoms with Crippen molar-refractivity contribution in [2.75, 3.05) is 19.8 Å². The van der Waals surface area contributed by atoms with Crippen molar-refractivity contribution in [2.45, 2.75) is 45.4 Å². The zero-order valence-electron chi connectivity index (χ0n) is 11.5. The Kier molecular flexibility index (Phi) is 9.27.